The van der Waals surface area contributed by atoms with Gasteiger partial charge in [-0.2, -0.15) is 0 Å². The number of benzene rings is 1. The molecule has 0 saturated heterocycles. The Balaban J connectivity index is 1.84. The van der Waals surface area contributed by atoms with Gasteiger partial charge in [0.1, 0.15) is 0 Å². The van der Waals surface area contributed by atoms with E-state index in [0.717, 1.165) is 15.7 Å². The van der Waals surface area contributed by atoms with E-state index in [4.69, 9.17) is 4.74 Å². The molecule has 1 aromatic carbocycles. The van der Waals surface area contributed by atoms with Gasteiger partial charge in [-0.05, 0) is 47.0 Å². The molecule has 0 heterocycles. The standard InChI is InChI=1S/C15H19BrN2O3/c1-9-3-4-13(12(16)7-9)18-15(20)11-8-10(11)14(19)17-5-6-21-2/h3-4,7,10-11H,5-6,8H2,1-2H3,(H,17,19)(H,18,20). The van der Waals surface area contributed by atoms with E-state index in [2.05, 4.69) is 26.6 Å². The maximum Gasteiger partial charge on any atom is 0.228 e. The van der Waals surface area contributed by atoms with Crippen LogP contribution < -0.4 is 10.6 Å². The van der Waals surface area contributed by atoms with Crippen molar-refractivity contribution in [1.29, 1.82) is 0 Å². The highest BCUT2D eigenvalue weighted by Gasteiger charge is 2.47. The highest BCUT2D eigenvalue weighted by molar-refractivity contribution is 9.10. The van der Waals surface area contributed by atoms with Crippen molar-refractivity contribution in [3.63, 3.8) is 0 Å². The fraction of sp³-hybridized carbons (Fsp3) is 0.467. The van der Waals surface area contributed by atoms with Crippen molar-refractivity contribution in [1.82, 2.24) is 5.32 Å². The first-order chi connectivity index (χ1) is 10.0. The van der Waals surface area contributed by atoms with Gasteiger partial charge in [-0.25, -0.2) is 0 Å². The second-order valence-corrected chi connectivity index (χ2v) is 6.06. The van der Waals surface area contributed by atoms with Crippen molar-refractivity contribution in [3.05, 3.63) is 28.2 Å². The summed E-state index contributed by atoms with van der Waals surface area (Å²) < 4.78 is 5.71. The molecule has 0 radical (unpaired) electrons. The molecule has 2 N–H and O–H groups in total. The number of ether oxygens (including phenoxy) is 1. The first-order valence-electron chi connectivity index (χ1n) is 6.86. The minimum Gasteiger partial charge on any atom is -0.383 e. The third-order valence-corrected chi connectivity index (χ3v) is 4.11. The predicted octanol–water partition coefficient (Wildman–Crippen LogP) is 2.09. The van der Waals surface area contributed by atoms with Gasteiger partial charge in [0.15, 0.2) is 0 Å². The molecule has 1 saturated carbocycles. The minimum absolute atomic E-state index is 0.0739. The number of halogens is 1. The van der Waals surface area contributed by atoms with Gasteiger partial charge in [-0.1, -0.05) is 6.07 Å². The van der Waals surface area contributed by atoms with Crippen LogP contribution in [0, 0.1) is 18.8 Å². The zero-order valence-corrected chi connectivity index (χ0v) is 13.7. The molecular weight excluding hydrogens is 336 g/mol. The first kappa shape index (κ1) is 16.0. The van der Waals surface area contributed by atoms with E-state index in [1.807, 2.05) is 25.1 Å². The van der Waals surface area contributed by atoms with Gasteiger partial charge in [0, 0.05) is 18.1 Å². The lowest BCUT2D eigenvalue weighted by molar-refractivity contribution is -0.125. The van der Waals surface area contributed by atoms with E-state index in [1.54, 1.807) is 7.11 Å². The number of methoxy groups -OCH3 is 1. The molecule has 1 fully saturated rings. The number of nitrogens with one attached hydrogen (secondary N) is 2. The molecule has 2 atom stereocenters. The number of amides is 2. The highest BCUT2D eigenvalue weighted by Crippen LogP contribution is 2.40. The molecule has 2 amide bonds. The summed E-state index contributed by atoms with van der Waals surface area (Å²) in [4.78, 5) is 23.9. The molecule has 21 heavy (non-hydrogen) atoms. The maximum absolute atomic E-state index is 12.1. The number of rotatable bonds is 6. The van der Waals surface area contributed by atoms with Crippen LogP contribution in [0.5, 0.6) is 0 Å². The van der Waals surface area contributed by atoms with Crippen molar-refractivity contribution < 1.29 is 14.3 Å². The molecule has 2 rings (SSSR count). The van der Waals surface area contributed by atoms with Crippen LogP contribution in [0.1, 0.15) is 12.0 Å². The lowest BCUT2D eigenvalue weighted by Gasteiger charge is -2.08. The summed E-state index contributed by atoms with van der Waals surface area (Å²) in [7, 11) is 1.58. The van der Waals surface area contributed by atoms with E-state index in [-0.39, 0.29) is 23.7 Å². The third kappa shape index (κ3) is 4.28. The molecule has 1 aliphatic carbocycles. The topological polar surface area (TPSA) is 67.4 Å². The molecule has 0 bridgehead atoms. The molecular formula is C15H19BrN2O3. The highest BCUT2D eigenvalue weighted by atomic mass is 79.9. The van der Waals surface area contributed by atoms with Gasteiger partial charge < -0.3 is 15.4 Å². The summed E-state index contributed by atoms with van der Waals surface area (Å²) in [5.74, 6) is -0.631. The largest absolute Gasteiger partial charge is 0.383 e. The Hall–Kier alpha value is -1.40. The van der Waals surface area contributed by atoms with E-state index >= 15 is 0 Å². The summed E-state index contributed by atoms with van der Waals surface area (Å²) >= 11 is 3.42. The third-order valence-electron chi connectivity index (χ3n) is 3.45. The fourth-order valence-electron chi connectivity index (χ4n) is 2.13. The van der Waals surface area contributed by atoms with E-state index in [1.165, 1.54) is 0 Å². The summed E-state index contributed by atoms with van der Waals surface area (Å²) in [6.07, 6.45) is 0.605. The van der Waals surface area contributed by atoms with Gasteiger partial charge in [-0.3, -0.25) is 9.59 Å². The predicted molar refractivity (Wildman–Crippen MR) is 84.0 cm³/mol. The minimum atomic E-state index is -0.235. The molecule has 6 heteroatoms. The van der Waals surface area contributed by atoms with Crippen LogP contribution in [0.4, 0.5) is 5.69 Å². The smallest absolute Gasteiger partial charge is 0.228 e. The van der Waals surface area contributed by atoms with Crippen molar-refractivity contribution in [2.75, 3.05) is 25.6 Å². The summed E-state index contributed by atoms with van der Waals surface area (Å²) in [6, 6.07) is 5.73. The van der Waals surface area contributed by atoms with Crippen LogP contribution >= 0.6 is 15.9 Å². The molecule has 0 aromatic heterocycles. The average Bonchev–Trinajstić information content (AvgIpc) is 3.22. The average molecular weight is 355 g/mol. The quantitative estimate of drug-likeness (QED) is 0.768. The van der Waals surface area contributed by atoms with Gasteiger partial charge in [0.2, 0.25) is 11.8 Å². The van der Waals surface area contributed by atoms with E-state index in [9.17, 15) is 9.59 Å². The number of hydrogen-bond acceptors (Lipinski definition) is 3. The zero-order chi connectivity index (χ0) is 15.4. The molecule has 5 nitrogen and oxygen atoms in total. The zero-order valence-electron chi connectivity index (χ0n) is 12.1. The second-order valence-electron chi connectivity index (χ2n) is 5.21. The van der Waals surface area contributed by atoms with Gasteiger partial charge in [-0.15, -0.1) is 0 Å². The van der Waals surface area contributed by atoms with Crippen molar-refractivity contribution in [2.24, 2.45) is 11.8 Å². The molecule has 1 aromatic rings. The van der Waals surface area contributed by atoms with Gasteiger partial charge >= 0.3 is 0 Å². The van der Waals surface area contributed by atoms with Crippen molar-refractivity contribution in [2.45, 2.75) is 13.3 Å². The maximum atomic E-state index is 12.1. The number of hydrogen-bond donors (Lipinski definition) is 2. The van der Waals surface area contributed by atoms with Crippen LogP contribution in [0.25, 0.3) is 0 Å². The Kier molecular flexibility index (Phi) is 5.36. The van der Waals surface area contributed by atoms with Crippen molar-refractivity contribution >= 4 is 33.4 Å². The summed E-state index contributed by atoms with van der Waals surface area (Å²) in [6.45, 7) is 2.94. The number of carbonyl (C=O) groups is 2. The number of anilines is 1. The SMILES string of the molecule is COCCNC(=O)C1CC1C(=O)Nc1ccc(C)cc1Br. The molecule has 0 aliphatic heterocycles. The van der Waals surface area contributed by atoms with Crippen LogP contribution in [0.2, 0.25) is 0 Å². The number of carbonyl (C=O) groups excluding carboxylic acids is 2. The fourth-order valence-corrected chi connectivity index (χ4v) is 2.72. The molecule has 2 unspecified atom stereocenters. The Morgan fingerprint density at radius 3 is 2.71 bits per heavy atom. The van der Waals surface area contributed by atoms with Crippen LogP contribution in [0.15, 0.2) is 22.7 Å². The number of aryl methyl sites for hydroxylation is 1. The lowest BCUT2D eigenvalue weighted by Crippen LogP contribution is -2.30. The van der Waals surface area contributed by atoms with Crippen LogP contribution in [-0.4, -0.2) is 32.1 Å². The van der Waals surface area contributed by atoms with Gasteiger partial charge in [0.05, 0.1) is 24.1 Å². The van der Waals surface area contributed by atoms with Crippen molar-refractivity contribution in [3.8, 4) is 0 Å². The normalized spacial score (nSPS) is 20.0. The van der Waals surface area contributed by atoms with Crippen LogP contribution in [-0.2, 0) is 14.3 Å². The van der Waals surface area contributed by atoms with E-state index < -0.39 is 0 Å². The molecule has 1 aliphatic rings. The van der Waals surface area contributed by atoms with Crippen LogP contribution in [0.3, 0.4) is 0 Å². The Labute approximate surface area is 132 Å². The summed E-state index contributed by atoms with van der Waals surface area (Å²) in [5, 5.41) is 5.62. The second kappa shape index (κ2) is 7.04. The lowest BCUT2D eigenvalue weighted by atomic mass is 10.2. The summed E-state index contributed by atoms with van der Waals surface area (Å²) in [5.41, 5.74) is 1.85. The monoisotopic (exact) mass is 354 g/mol. The first-order valence-corrected chi connectivity index (χ1v) is 7.66. The Morgan fingerprint density at radius 2 is 2.05 bits per heavy atom. The molecule has 0 spiro atoms. The van der Waals surface area contributed by atoms with Gasteiger partial charge in [0.25, 0.3) is 0 Å². The molecule has 114 valence electrons. The van der Waals surface area contributed by atoms with E-state index in [0.29, 0.717) is 19.6 Å². The Morgan fingerprint density at radius 1 is 1.33 bits per heavy atom. The Bertz CT molecular complexity index is 548.